The van der Waals surface area contributed by atoms with Crippen LogP contribution in [0.5, 0.6) is 0 Å². The number of carbonyl (C=O) groups is 8. The second-order valence-electron chi connectivity index (χ2n) is 11.4. The van der Waals surface area contributed by atoms with E-state index in [9.17, 15) is 43.5 Å². The van der Waals surface area contributed by atoms with Gasteiger partial charge in [0.1, 0.15) is 18.7 Å². The van der Waals surface area contributed by atoms with E-state index in [4.69, 9.17) is 19.7 Å². The highest BCUT2D eigenvalue weighted by Gasteiger charge is 2.30. The molecule has 5 amide bonds. The van der Waals surface area contributed by atoms with Gasteiger partial charge in [0, 0.05) is 51.7 Å². The van der Waals surface area contributed by atoms with Gasteiger partial charge in [0.2, 0.25) is 29.5 Å². The molecule has 18 heteroatoms. The third-order valence-electron chi connectivity index (χ3n) is 7.60. The fraction of sp³-hybridized carbons (Fsp3) is 0.733. The van der Waals surface area contributed by atoms with E-state index in [1.165, 1.54) is 7.05 Å². The molecule has 1 aliphatic carbocycles. The molecule has 18 nitrogen and oxygen atoms in total. The standard InChI is InChI=1S/C30H49N5O13/c1-31-25(38)18-48-16-15-47-14-13-32-29(44)21(10-12-27(41)42)34-24(37)11-9-22(30(45)46)35-28(43)20-7-5-19(6-8-20)17-33-23(36)3-2-4-26(39)40/h19-22H,2-18H2,1H3,(H,31,38)(H,32,44)(H,33,36)(H,34,37)(H,35,43)(H,39,40)(H,41,42)(H,45,46)/t19?,20?,21-,22-/m0/s1. The van der Waals surface area contributed by atoms with E-state index in [0.717, 1.165) is 0 Å². The molecule has 0 unspecified atom stereocenters. The summed E-state index contributed by atoms with van der Waals surface area (Å²) in [7, 11) is 1.48. The molecular weight excluding hydrogens is 638 g/mol. The maximum atomic E-state index is 12.8. The number of carboxylic acid groups (broad SMARTS) is 3. The van der Waals surface area contributed by atoms with E-state index in [1.807, 2.05) is 0 Å². The predicted octanol–water partition coefficient (Wildman–Crippen LogP) is -1.24. The van der Waals surface area contributed by atoms with Crippen LogP contribution in [-0.2, 0) is 47.8 Å². The number of carboxylic acids is 3. The van der Waals surface area contributed by atoms with Gasteiger partial charge in [-0.05, 0) is 50.9 Å². The second-order valence-corrected chi connectivity index (χ2v) is 11.4. The minimum absolute atomic E-state index is 0.0476. The maximum Gasteiger partial charge on any atom is 0.326 e. The quantitative estimate of drug-likeness (QED) is 0.0522. The van der Waals surface area contributed by atoms with Gasteiger partial charge in [-0.1, -0.05) is 0 Å². The van der Waals surface area contributed by atoms with Crippen LogP contribution in [0, 0.1) is 11.8 Å². The topological polar surface area (TPSA) is 276 Å². The Bertz CT molecular complexity index is 1100. The van der Waals surface area contributed by atoms with Crippen molar-refractivity contribution < 1.29 is 63.1 Å². The van der Waals surface area contributed by atoms with Crippen LogP contribution in [0.25, 0.3) is 0 Å². The van der Waals surface area contributed by atoms with Crippen LogP contribution in [0.4, 0.5) is 0 Å². The number of hydrogen-bond donors (Lipinski definition) is 8. The molecule has 48 heavy (non-hydrogen) atoms. The van der Waals surface area contributed by atoms with Crippen molar-refractivity contribution in [3.05, 3.63) is 0 Å². The zero-order valence-electron chi connectivity index (χ0n) is 27.3. The van der Waals surface area contributed by atoms with Gasteiger partial charge in [-0.25, -0.2) is 4.79 Å². The fourth-order valence-corrected chi connectivity index (χ4v) is 4.83. The summed E-state index contributed by atoms with van der Waals surface area (Å²) in [5, 5.41) is 40.0. The third kappa shape index (κ3) is 19.4. The highest BCUT2D eigenvalue weighted by molar-refractivity contribution is 5.89. The lowest BCUT2D eigenvalue weighted by atomic mass is 9.81. The lowest BCUT2D eigenvalue weighted by Gasteiger charge is -2.28. The van der Waals surface area contributed by atoms with Crippen LogP contribution in [0.2, 0.25) is 0 Å². The number of amides is 5. The maximum absolute atomic E-state index is 12.8. The third-order valence-corrected chi connectivity index (χ3v) is 7.60. The van der Waals surface area contributed by atoms with Crippen molar-refractivity contribution in [2.75, 3.05) is 46.6 Å². The van der Waals surface area contributed by atoms with Gasteiger partial charge in [-0.15, -0.1) is 0 Å². The zero-order chi connectivity index (χ0) is 35.9. The van der Waals surface area contributed by atoms with E-state index in [2.05, 4.69) is 26.6 Å². The normalized spacial score (nSPS) is 16.9. The van der Waals surface area contributed by atoms with Crippen molar-refractivity contribution in [1.29, 1.82) is 0 Å². The smallest absolute Gasteiger partial charge is 0.326 e. The summed E-state index contributed by atoms with van der Waals surface area (Å²) >= 11 is 0. The minimum Gasteiger partial charge on any atom is -0.481 e. The first-order valence-electron chi connectivity index (χ1n) is 16.0. The van der Waals surface area contributed by atoms with E-state index in [1.54, 1.807) is 0 Å². The number of hydrogen-bond acceptors (Lipinski definition) is 10. The molecule has 0 aromatic heterocycles. The molecule has 2 atom stereocenters. The van der Waals surface area contributed by atoms with Crippen LogP contribution in [0.1, 0.15) is 70.6 Å². The summed E-state index contributed by atoms with van der Waals surface area (Å²) in [5.74, 6) is -6.12. The summed E-state index contributed by atoms with van der Waals surface area (Å²) in [4.78, 5) is 94.5. The monoisotopic (exact) mass is 687 g/mol. The van der Waals surface area contributed by atoms with Crippen LogP contribution >= 0.6 is 0 Å². The second kappa shape index (κ2) is 23.9. The minimum atomic E-state index is -1.37. The number of ether oxygens (including phenoxy) is 2. The molecule has 0 spiro atoms. The molecular formula is C30H49N5O13. The van der Waals surface area contributed by atoms with Crippen molar-refractivity contribution in [2.24, 2.45) is 11.8 Å². The Morgan fingerprint density at radius 2 is 1.33 bits per heavy atom. The number of aliphatic carboxylic acids is 3. The molecule has 0 radical (unpaired) electrons. The predicted molar refractivity (Wildman–Crippen MR) is 166 cm³/mol. The Morgan fingerprint density at radius 1 is 0.688 bits per heavy atom. The first kappa shape index (κ1) is 41.7. The van der Waals surface area contributed by atoms with Gasteiger partial charge in [0.25, 0.3) is 0 Å². The van der Waals surface area contributed by atoms with Gasteiger partial charge in [0.15, 0.2) is 0 Å². The zero-order valence-corrected chi connectivity index (χ0v) is 27.3. The molecule has 0 heterocycles. The molecule has 0 bridgehead atoms. The van der Waals surface area contributed by atoms with Gasteiger partial charge < -0.3 is 51.4 Å². The number of likely N-dealkylation sites (N-methyl/N-ethyl adjacent to an activating group) is 1. The van der Waals surface area contributed by atoms with Crippen LogP contribution < -0.4 is 26.6 Å². The molecule has 0 aromatic rings. The van der Waals surface area contributed by atoms with Crippen LogP contribution in [-0.4, -0.2) is 121 Å². The molecule has 8 N–H and O–H groups in total. The molecule has 0 aliphatic heterocycles. The van der Waals surface area contributed by atoms with Gasteiger partial charge >= 0.3 is 17.9 Å². The summed E-state index contributed by atoms with van der Waals surface area (Å²) in [6.45, 7) is 0.733. The van der Waals surface area contributed by atoms with Crippen LogP contribution in [0.3, 0.4) is 0 Å². The number of nitrogens with one attached hydrogen (secondary N) is 5. The molecule has 0 aromatic carbocycles. The van der Waals surface area contributed by atoms with Gasteiger partial charge in [-0.3, -0.25) is 33.6 Å². The molecule has 0 saturated heterocycles. The van der Waals surface area contributed by atoms with Crippen molar-refractivity contribution in [1.82, 2.24) is 26.6 Å². The average molecular weight is 688 g/mol. The van der Waals surface area contributed by atoms with Crippen molar-refractivity contribution in [2.45, 2.75) is 82.7 Å². The number of carbonyl (C=O) groups excluding carboxylic acids is 5. The summed E-state index contributed by atoms with van der Waals surface area (Å²) in [6.07, 6.45) is 1.27. The Kier molecular flexibility index (Phi) is 20.8. The molecule has 272 valence electrons. The SMILES string of the molecule is CNC(=O)COCCOCCNC(=O)[C@H](CCC(=O)O)NC(=O)CC[C@H](NC(=O)C1CCC(CNC(=O)CCCC(=O)O)CC1)C(=O)O. The van der Waals surface area contributed by atoms with Crippen molar-refractivity contribution in [3.63, 3.8) is 0 Å². The lowest BCUT2D eigenvalue weighted by molar-refractivity contribution is -0.143. The Labute approximate surface area is 278 Å². The van der Waals surface area contributed by atoms with Crippen molar-refractivity contribution in [3.8, 4) is 0 Å². The van der Waals surface area contributed by atoms with Crippen LogP contribution in [0.15, 0.2) is 0 Å². The van der Waals surface area contributed by atoms with Gasteiger partial charge in [-0.2, -0.15) is 0 Å². The summed E-state index contributed by atoms with van der Waals surface area (Å²) in [5.41, 5.74) is 0. The van der Waals surface area contributed by atoms with E-state index in [-0.39, 0.29) is 89.2 Å². The highest BCUT2D eigenvalue weighted by Crippen LogP contribution is 2.28. The van der Waals surface area contributed by atoms with Crippen molar-refractivity contribution >= 4 is 47.4 Å². The Hall–Kier alpha value is -4.32. The lowest BCUT2D eigenvalue weighted by Crippen LogP contribution is -2.48. The summed E-state index contributed by atoms with van der Waals surface area (Å²) < 4.78 is 10.4. The first-order valence-corrected chi connectivity index (χ1v) is 16.0. The molecule has 1 aliphatic rings. The Balaban J connectivity index is 2.47. The highest BCUT2D eigenvalue weighted by atomic mass is 16.5. The number of rotatable bonds is 25. The van der Waals surface area contributed by atoms with Gasteiger partial charge in [0.05, 0.1) is 19.8 Å². The Morgan fingerprint density at radius 3 is 1.96 bits per heavy atom. The fourth-order valence-electron chi connectivity index (χ4n) is 4.83. The summed E-state index contributed by atoms with van der Waals surface area (Å²) in [6, 6.07) is -2.57. The largest absolute Gasteiger partial charge is 0.481 e. The molecule has 1 rings (SSSR count). The average Bonchev–Trinajstić information content (AvgIpc) is 3.04. The van der Waals surface area contributed by atoms with E-state index < -0.39 is 60.1 Å². The van der Waals surface area contributed by atoms with E-state index >= 15 is 0 Å². The molecule has 1 fully saturated rings. The molecule has 1 saturated carbocycles. The first-order chi connectivity index (χ1) is 22.8. The van der Waals surface area contributed by atoms with E-state index in [0.29, 0.717) is 32.2 Å².